The smallest absolute Gasteiger partial charge is 0.0620 e. The van der Waals surface area contributed by atoms with Gasteiger partial charge in [-0.2, -0.15) is 0 Å². The van der Waals surface area contributed by atoms with Crippen LogP contribution in [0.2, 0.25) is 0 Å². The quantitative estimate of drug-likeness (QED) is 0.206. The lowest BCUT2D eigenvalue weighted by Crippen LogP contribution is -1.83. The standard InChI is InChI=1S/C28H14BrNS/c29-15-8-9-17-22-12-11-21-23(28(22)31-25(17)14-15)13-10-20-19-6-3-5-18-16-4-1-2-7-24(16)30(26(18)19)27(20)21/h1-14H. The lowest BCUT2D eigenvalue weighted by Gasteiger charge is -2.04. The molecule has 0 aliphatic carbocycles. The molecule has 0 radical (unpaired) electrons. The second kappa shape index (κ2) is 5.56. The van der Waals surface area contributed by atoms with Gasteiger partial charge in [-0.25, -0.2) is 0 Å². The van der Waals surface area contributed by atoms with E-state index in [1.165, 1.54) is 69.0 Å². The van der Waals surface area contributed by atoms with Crippen LogP contribution in [0.25, 0.3) is 69.0 Å². The van der Waals surface area contributed by atoms with Crippen molar-refractivity contribution in [1.29, 1.82) is 0 Å². The van der Waals surface area contributed by atoms with Gasteiger partial charge in [0.05, 0.1) is 16.6 Å². The van der Waals surface area contributed by atoms with Crippen LogP contribution in [0.3, 0.4) is 0 Å². The second-order valence-electron chi connectivity index (χ2n) is 8.30. The maximum Gasteiger partial charge on any atom is 0.0620 e. The highest BCUT2D eigenvalue weighted by Crippen LogP contribution is 2.45. The van der Waals surface area contributed by atoms with E-state index in [1.807, 2.05) is 11.3 Å². The molecule has 5 aromatic carbocycles. The van der Waals surface area contributed by atoms with Crippen LogP contribution >= 0.6 is 27.3 Å². The number of benzene rings is 5. The average Bonchev–Trinajstić information content (AvgIpc) is 3.45. The highest BCUT2D eigenvalue weighted by atomic mass is 79.9. The van der Waals surface area contributed by atoms with E-state index < -0.39 is 0 Å². The van der Waals surface area contributed by atoms with Gasteiger partial charge in [0.25, 0.3) is 0 Å². The van der Waals surface area contributed by atoms with Gasteiger partial charge in [-0.3, -0.25) is 0 Å². The van der Waals surface area contributed by atoms with Crippen LogP contribution in [0.1, 0.15) is 0 Å². The highest BCUT2D eigenvalue weighted by Gasteiger charge is 2.19. The first kappa shape index (κ1) is 16.5. The minimum absolute atomic E-state index is 1.13. The molecule has 3 aromatic heterocycles. The Kier molecular flexibility index (Phi) is 2.96. The van der Waals surface area contributed by atoms with E-state index in [9.17, 15) is 0 Å². The third-order valence-corrected chi connectivity index (χ3v) is 8.47. The predicted octanol–water partition coefficient (Wildman–Crippen LogP) is 9.12. The van der Waals surface area contributed by atoms with Gasteiger partial charge in [-0.05, 0) is 18.2 Å². The minimum Gasteiger partial charge on any atom is -0.307 e. The second-order valence-corrected chi connectivity index (χ2v) is 10.3. The van der Waals surface area contributed by atoms with Crippen molar-refractivity contribution in [3.05, 3.63) is 89.4 Å². The van der Waals surface area contributed by atoms with E-state index in [-0.39, 0.29) is 0 Å². The summed E-state index contributed by atoms with van der Waals surface area (Å²) in [4.78, 5) is 0. The molecule has 0 unspecified atom stereocenters. The SMILES string of the molecule is Brc1ccc2c(c1)sc1c2ccc2c1ccc1c3cccc4c5ccccc5n(c21)c43. The van der Waals surface area contributed by atoms with Crippen LogP contribution in [0, 0.1) is 0 Å². The topological polar surface area (TPSA) is 4.41 Å². The average molecular weight is 476 g/mol. The summed E-state index contributed by atoms with van der Waals surface area (Å²) in [7, 11) is 0. The molecule has 8 rings (SSSR count). The Balaban J connectivity index is 1.67. The molecule has 0 bridgehead atoms. The number of fused-ring (bicyclic) bond motifs is 12. The van der Waals surface area contributed by atoms with Crippen molar-refractivity contribution in [3.63, 3.8) is 0 Å². The molecule has 0 fully saturated rings. The molecular formula is C28H14BrNS. The molecule has 0 spiro atoms. The zero-order valence-corrected chi connectivity index (χ0v) is 18.7. The molecule has 144 valence electrons. The normalized spacial score (nSPS) is 12.7. The van der Waals surface area contributed by atoms with Gasteiger partial charge in [0.15, 0.2) is 0 Å². The zero-order chi connectivity index (χ0) is 20.3. The molecule has 0 atom stereocenters. The van der Waals surface area contributed by atoms with Crippen molar-refractivity contribution in [2.24, 2.45) is 0 Å². The third-order valence-electron chi connectivity index (χ3n) is 6.78. The summed E-state index contributed by atoms with van der Waals surface area (Å²) in [6.07, 6.45) is 0. The highest BCUT2D eigenvalue weighted by molar-refractivity contribution is 9.10. The molecule has 8 aromatic rings. The Morgan fingerprint density at radius 1 is 0.548 bits per heavy atom. The van der Waals surface area contributed by atoms with E-state index in [2.05, 4.69) is 105 Å². The molecular weight excluding hydrogens is 462 g/mol. The summed E-state index contributed by atoms with van der Waals surface area (Å²) in [6, 6.07) is 31.4. The summed E-state index contributed by atoms with van der Waals surface area (Å²) in [6.45, 7) is 0. The Bertz CT molecular complexity index is 2010. The third kappa shape index (κ3) is 1.93. The first-order valence-electron chi connectivity index (χ1n) is 10.4. The van der Waals surface area contributed by atoms with Crippen LogP contribution in [-0.2, 0) is 0 Å². The fraction of sp³-hybridized carbons (Fsp3) is 0. The lowest BCUT2D eigenvalue weighted by molar-refractivity contribution is 1.38. The number of nitrogens with zero attached hydrogens (tertiary/aromatic N) is 1. The summed E-state index contributed by atoms with van der Waals surface area (Å²) in [5.74, 6) is 0. The van der Waals surface area contributed by atoms with Gasteiger partial charge in [-0.15, -0.1) is 11.3 Å². The van der Waals surface area contributed by atoms with E-state index in [0.717, 1.165) is 4.47 Å². The number of halogens is 1. The maximum atomic E-state index is 3.63. The van der Waals surface area contributed by atoms with E-state index in [1.54, 1.807) is 0 Å². The van der Waals surface area contributed by atoms with Gasteiger partial charge in [0.2, 0.25) is 0 Å². The Morgan fingerprint density at radius 2 is 1.13 bits per heavy atom. The van der Waals surface area contributed by atoms with Crippen LogP contribution in [-0.4, -0.2) is 4.40 Å². The molecule has 0 aliphatic rings. The van der Waals surface area contributed by atoms with E-state index in [0.29, 0.717) is 0 Å². The molecule has 0 saturated carbocycles. The number of hydrogen-bond donors (Lipinski definition) is 0. The van der Waals surface area contributed by atoms with Crippen molar-refractivity contribution in [2.45, 2.75) is 0 Å². The monoisotopic (exact) mass is 475 g/mol. The van der Waals surface area contributed by atoms with Crippen molar-refractivity contribution < 1.29 is 0 Å². The zero-order valence-electron chi connectivity index (χ0n) is 16.3. The van der Waals surface area contributed by atoms with Gasteiger partial charge in [-0.1, -0.05) is 82.7 Å². The predicted molar refractivity (Wildman–Crippen MR) is 139 cm³/mol. The number of hydrogen-bond acceptors (Lipinski definition) is 1. The van der Waals surface area contributed by atoms with E-state index in [4.69, 9.17) is 0 Å². The first-order chi connectivity index (χ1) is 15.3. The molecule has 31 heavy (non-hydrogen) atoms. The van der Waals surface area contributed by atoms with Crippen molar-refractivity contribution in [3.8, 4) is 0 Å². The van der Waals surface area contributed by atoms with Gasteiger partial charge >= 0.3 is 0 Å². The van der Waals surface area contributed by atoms with Gasteiger partial charge in [0, 0.05) is 57.0 Å². The van der Waals surface area contributed by atoms with Gasteiger partial charge < -0.3 is 4.40 Å². The molecule has 0 amide bonds. The fourth-order valence-corrected chi connectivity index (χ4v) is 7.31. The molecule has 1 nitrogen and oxygen atoms in total. The largest absolute Gasteiger partial charge is 0.307 e. The molecule has 0 saturated heterocycles. The van der Waals surface area contributed by atoms with Crippen molar-refractivity contribution >= 4 is 96.3 Å². The Labute approximate surface area is 189 Å². The van der Waals surface area contributed by atoms with Crippen LogP contribution in [0.15, 0.2) is 89.4 Å². The minimum atomic E-state index is 1.13. The number of rotatable bonds is 0. The van der Waals surface area contributed by atoms with E-state index >= 15 is 0 Å². The number of aromatic nitrogens is 1. The molecule has 0 N–H and O–H groups in total. The first-order valence-corrected chi connectivity index (χ1v) is 12.0. The van der Waals surface area contributed by atoms with Crippen molar-refractivity contribution in [2.75, 3.05) is 0 Å². The fourth-order valence-electron chi connectivity index (χ4n) is 5.52. The van der Waals surface area contributed by atoms with Crippen LogP contribution < -0.4 is 0 Å². The summed E-state index contributed by atoms with van der Waals surface area (Å²) < 4.78 is 6.33. The summed E-state index contributed by atoms with van der Waals surface area (Å²) >= 11 is 5.53. The summed E-state index contributed by atoms with van der Waals surface area (Å²) in [5, 5.41) is 10.7. The van der Waals surface area contributed by atoms with Crippen LogP contribution in [0.4, 0.5) is 0 Å². The molecule has 0 aliphatic heterocycles. The van der Waals surface area contributed by atoms with Crippen molar-refractivity contribution in [1.82, 2.24) is 4.40 Å². The Hall–Kier alpha value is -3.14. The van der Waals surface area contributed by atoms with Crippen LogP contribution in [0.5, 0.6) is 0 Å². The molecule has 3 heteroatoms. The maximum absolute atomic E-state index is 3.63. The molecule has 3 heterocycles. The lowest BCUT2D eigenvalue weighted by atomic mass is 10.0. The summed E-state index contributed by atoms with van der Waals surface area (Å²) in [5.41, 5.74) is 3.95. The Morgan fingerprint density at radius 3 is 1.97 bits per heavy atom. The number of para-hydroxylation sites is 2. The van der Waals surface area contributed by atoms with Gasteiger partial charge in [0.1, 0.15) is 0 Å². The number of thiophene rings is 1.